The number of pyridine rings is 2. The van der Waals surface area contributed by atoms with Crippen LogP contribution in [-0.4, -0.2) is 20.5 Å². The smallest absolute Gasteiger partial charge is 0.230 e. The molecule has 0 saturated carbocycles. The van der Waals surface area contributed by atoms with Crippen LogP contribution >= 0.6 is 11.8 Å². The van der Waals surface area contributed by atoms with Gasteiger partial charge in [-0.3, -0.25) is 4.57 Å². The van der Waals surface area contributed by atoms with Gasteiger partial charge in [-0.25, -0.2) is 9.97 Å². The molecule has 4 nitrogen and oxygen atoms in total. The van der Waals surface area contributed by atoms with E-state index in [9.17, 15) is 0 Å². The van der Waals surface area contributed by atoms with Crippen molar-refractivity contribution in [3.63, 3.8) is 0 Å². The monoisotopic (exact) mass is 269 g/mol. The van der Waals surface area contributed by atoms with E-state index in [0.717, 1.165) is 22.1 Å². The average Bonchev–Trinajstić information content (AvgIpc) is 3.04. The fourth-order valence-electron chi connectivity index (χ4n) is 2.40. The summed E-state index contributed by atoms with van der Waals surface area (Å²) in [5.41, 5.74) is 3.28. The van der Waals surface area contributed by atoms with Crippen LogP contribution in [0.1, 0.15) is 5.56 Å². The lowest BCUT2D eigenvalue weighted by Gasteiger charge is -2.07. The molecule has 0 atom stereocenters. The Kier molecular flexibility index (Phi) is 2.29. The van der Waals surface area contributed by atoms with E-state index in [2.05, 4.69) is 33.7 Å². The summed E-state index contributed by atoms with van der Waals surface area (Å²) >= 11 is 1.67. The first-order valence-corrected chi connectivity index (χ1v) is 7.01. The number of aryl methyl sites for hydroxylation is 1. The summed E-state index contributed by atoms with van der Waals surface area (Å²) in [6.45, 7) is 2.10. The number of ether oxygens (including phenoxy) is 1. The molecule has 94 valence electrons. The van der Waals surface area contributed by atoms with Gasteiger partial charge < -0.3 is 4.74 Å². The van der Waals surface area contributed by atoms with Crippen molar-refractivity contribution in [1.29, 1.82) is 0 Å². The fourth-order valence-corrected chi connectivity index (χ4v) is 3.23. The Morgan fingerprint density at radius 2 is 2.21 bits per heavy atom. The Labute approximate surface area is 114 Å². The third-order valence-electron chi connectivity index (χ3n) is 3.27. The number of thioether (sulfide) groups is 1. The van der Waals surface area contributed by atoms with Gasteiger partial charge in [0.05, 0.1) is 10.6 Å². The van der Waals surface area contributed by atoms with Crippen LogP contribution in [0.2, 0.25) is 0 Å². The van der Waals surface area contributed by atoms with Crippen LogP contribution in [0.25, 0.3) is 16.7 Å². The first-order chi connectivity index (χ1) is 9.34. The summed E-state index contributed by atoms with van der Waals surface area (Å²) < 4.78 is 7.62. The van der Waals surface area contributed by atoms with Gasteiger partial charge >= 0.3 is 0 Å². The molecule has 0 amide bonds. The number of hydrogen-bond donors (Lipinski definition) is 0. The van der Waals surface area contributed by atoms with Crippen LogP contribution in [0.3, 0.4) is 0 Å². The van der Waals surface area contributed by atoms with Crippen molar-refractivity contribution < 1.29 is 4.74 Å². The van der Waals surface area contributed by atoms with E-state index in [1.165, 1.54) is 10.9 Å². The molecule has 4 rings (SSSR count). The zero-order valence-corrected chi connectivity index (χ0v) is 11.1. The number of rotatable bonds is 1. The Hall–Kier alpha value is -2.01. The predicted octanol–water partition coefficient (Wildman–Crippen LogP) is 3.17. The SMILES string of the molecule is Cc1cn(-c2ccnc3c2SCO3)c2ncccc12. The van der Waals surface area contributed by atoms with Crippen molar-refractivity contribution in [2.75, 3.05) is 5.94 Å². The Morgan fingerprint density at radius 1 is 1.26 bits per heavy atom. The van der Waals surface area contributed by atoms with Crippen LogP contribution in [0, 0.1) is 6.92 Å². The molecule has 1 aliphatic rings. The highest BCUT2D eigenvalue weighted by Gasteiger charge is 2.20. The Morgan fingerprint density at radius 3 is 3.16 bits per heavy atom. The van der Waals surface area contributed by atoms with Gasteiger partial charge in [0, 0.05) is 24.0 Å². The zero-order chi connectivity index (χ0) is 12.8. The first-order valence-electron chi connectivity index (χ1n) is 6.02. The molecule has 0 radical (unpaired) electrons. The van der Waals surface area contributed by atoms with Crippen LogP contribution < -0.4 is 4.74 Å². The molecule has 0 aromatic carbocycles. The molecule has 0 spiro atoms. The second-order valence-electron chi connectivity index (χ2n) is 4.43. The maximum absolute atomic E-state index is 5.50. The normalized spacial score (nSPS) is 13.5. The molecule has 0 aliphatic carbocycles. The third-order valence-corrected chi connectivity index (χ3v) is 4.18. The topological polar surface area (TPSA) is 39.9 Å². The fraction of sp³-hybridized carbons (Fsp3) is 0.143. The summed E-state index contributed by atoms with van der Waals surface area (Å²) in [6, 6.07) is 6.07. The van der Waals surface area contributed by atoms with E-state index >= 15 is 0 Å². The molecular weight excluding hydrogens is 258 g/mol. The van der Waals surface area contributed by atoms with Gasteiger partial charge in [-0.1, -0.05) is 11.8 Å². The quantitative estimate of drug-likeness (QED) is 0.680. The molecule has 4 heterocycles. The molecule has 5 heteroatoms. The van der Waals surface area contributed by atoms with Crippen molar-refractivity contribution >= 4 is 22.8 Å². The number of hydrogen-bond acceptors (Lipinski definition) is 4. The molecule has 0 bridgehead atoms. The minimum Gasteiger partial charge on any atom is -0.465 e. The maximum atomic E-state index is 5.50. The molecule has 1 aliphatic heterocycles. The Balaban J connectivity index is 2.04. The van der Waals surface area contributed by atoms with E-state index in [1.54, 1.807) is 18.0 Å². The van der Waals surface area contributed by atoms with Crippen molar-refractivity contribution in [1.82, 2.24) is 14.5 Å². The van der Waals surface area contributed by atoms with Crippen molar-refractivity contribution in [2.45, 2.75) is 11.8 Å². The molecule has 0 unspecified atom stereocenters. The second-order valence-corrected chi connectivity index (χ2v) is 5.36. The number of nitrogens with zero attached hydrogens (tertiary/aromatic N) is 3. The molecule has 0 N–H and O–H groups in total. The summed E-state index contributed by atoms with van der Waals surface area (Å²) in [4.78, 5) is 9.84. The second kappa shape index (κ2) is 3.99. The van der Waals surface area contributed by atoms with Gasteiger partial charge in [0.15, 0.2) is 0 Å². The van der Waals surface area contributed by atoms with Gasteiger partial charge in [-0.05, 0) is 30.7 Å². The van der Waals surface area contributed by atoms with E-state index < -0.39 is 0 Å². The van der Waals surface area contributed by atoms with Crippen LogP contribution in [0.5, 0.6) is 5.88 Å². The molecule has 0 saturated heterocycles. The van der Waals surface area contributed by atoms with Gasteiger partial charge in [0.2, 0.25) is 5.88 Å². The summed E-state index contributed by atoms with van der Waals surface area (Å²) in [7, 11) is 0. The van der Waals surface area contributed by atoms with E-state index in [4.69, 9.17) is 4.74 Å². The summed E-state index contributed by atoms with van der Waals surface area (Å²) in [6.07, 6.45) is 5.72. The highest BCUT2D eigenvalue weighted by atomic mass is 32.2. The average molecular weight is 269 g/mol. The van der Waals surface area contributed by atoms with Crippen molar-refractivity contribution in [3.8, 4) is 11.6 Å². The van der Waals surface area contributed by atoms with Crippen LogP contribution in [0.4, 0.5) is 0 Å². The van der Waals surface area contributed by atoms with Crippen LogP contribution in [-0.2, 0) is 0 Å². The van der Waals surface area contributed by atoms with E-state index in [-0.39, 0.29) is 0 Å². The molecule has 3 aromatic rings. The lowest BCUT2D eigenvalue weighted by Crippen LogP contribution is -1.96. The summed E-state index contributed by atoms with van der Waals surface area (Å²) in [5, 5.41) is 1.18. The predicted molar refractivity (Wildman–Crippen MR) is 75.0 cm³/mol. The van der Waals surface area contributed by atoms with Crippen LogP contribution in [0.15, 0.2) is 41.7 Å². The van der Waals surface area contributed by atoms with Gasteiger partial charge in [0.1, 0.15) is 11.6 Å². The molecule has 0 fully saturated rings. The lowest BCUT2D eigenvalue weighted by molar-refractivity contribution is 0.381. The number of fused-ring (bicyclic) bond motifs is 2. The molecule has 3 aromatic heterocycles. The third kappa shape index (κ3) is 1.55. The minimum atomic E-state index is 0.630. The Bertz CT molecular complexity index is 781. The molecular formula is C14H11N3OS. The van der Waals surface area contributed by atoms with Crippen molar-refractivity contribution in [3.05, 3.63) is 42.4 Å². The lowest BCUT2D eigenvalue weighted by atomic mass is 10.2. The number of aromatic nitrogens is 3. The minimum absolute atomic E-state index is 0.630. The highest BCUT2D eigenvalue weighted by Crippen LogP contribution is 2.39. The zero-order valence-electron chi connectivity index (χ0n) is 10.3. The highest BCUT2D eigenvalue weighted by molar-refractivity contribution is 7.99. The van der Waals surface area contributed by atoms with Gasteiger partial charge in [-0.15, -0.1) is 0 Å². The molecule has 19 heavy (non-hydrogen) atoms. The standard InChI is InChI=1S/C14H11N3OS/c1-9-7-17(13-10(9)3-2-5-15-13)11-4-6-16-14-12(11)19-8-18-14/h2-7H,8H2,1H3. The van der Waals surface area contributed by atoms with E-state index in [1.807, 2.05) is 18.3 Å². The summed E-state index contributed by atoms with van der Waals surface area (Å²) in [5.74, 6) is 1.35. The first kappa shape index (κ1) is 10.9. The maximum Gasteiger partial charge on any atom is 0.230 e. The van der Waals surface area contributed by atoms with E-state index in [0.29, 0.717) is 5.94 Å². The largest absolute Gasteiger partial charge is 0.465 e. The van der Waals surface area contributed by atoms with Gasteiger partial charge in [-0.2, -0.15) is 0 Å². The van der Waals surface area contributed by atoms with Gasteiger partial charge in [0.25, 0.3) is 0 Å². The van der Waals surface area contributed by atoms with Crippen molar-refractivity contribution in [2.24, 2.45) is 0 Å².